The molecule has 10 nitrogen and oxygen atoms in total. The number of hydrogen-bond acceptors (Lipinski definition) is 7. The van der Waals surface area contributed by atoms with Crippen LogP contribution in [0.3, 0.4) is 0 Å². The number of ether oxygens (including phenoxy) is 1. The SMILES string of the molecule is CC(C)(C)OC(=O)NCCC(O)C(O)c1[nH]nc2ccc([N+](=O)[O-])cc12. The summed E-state index contributed by atoms with van der Waals surface area (Å²) in [5, 5.41) is 40.8. The molecule has 0 aliphatic carbocycles. The van der Waals surface area contributed by atoms with Gasteiger partial charge in [0.1, 0.15) is 11.7 Å². The van der Waals surface area contributed by atoms with E-state index in [1.807, 2.05) is 0 Å². The highest BCUT2D eigenvalue weighted by Crippen LogP contribution is 2.28. The van der Waals surface area contributed by atoms with Gasteiger partial charge in [-0.1, -0.05) is 0 Å². The highest BCUT2D eigenvalue weighted by Gasteiger charge is 2.24. The molecule has 0 aliphatic heterocycles. The number of carbonyl (C=O) groups excluding carboxylic acids is 1. The minimum absolute atomic E-state index is 0.0514. The van der Waals surface area contributed by atoms with Gasteiger partial charge in [0, 0.05) is 24.1 Å². The van der Waals surface area contributed by atoms with Crippen LogP contribution in [0, 0.1) is 10.1 Å². The Morgan fingerprint density at radius 3 is 2.73 bits per heavy atom. The molecule has 0 saturated carbocycles. The molecule has 10 heteroatoms. The normalized spacial score (nSPS) is 14.0. The second-order valence-corrected chi connectivity index (χ2v) is 6.83. The molecule has 0 aliphatic rings. The summed E-state index contributed by atoms with van der Waals surface area (Å²) in [6.45, 7) is 5.27. The van der Waals surface area contributed by atoms with Gasteiger partial charge in [0.15, 0.2) is 0 Å². The number of amides is 1. The van der Waals surface area contributed by atoms with Crippen molar-refractivity contribution in [3.05, 3.63) is 34.0 Å². The van der Waals surface area contributed by atoms with Crippen molar-refractivity contribution in [1.29, 1.82) is 0 Å². The number of aliphatic hydroxyl groups is 2. The lowest BCUT2D eigenvalue weighted by Crippen LogP contribution is -2.34. The maximum absolute atomic E-state index is 11.6. The van der Waals surface area contributed by atoms with Gasteiger partial charge in [0.25, 0.3) is 5.69 Å². The fourth-order valence-electron chi connectivity index (χ4n) is 2.34. The Morgan fingerprint density at radius 2 is 2.12 bits per heavy atom. The Hall–Kier alpha value is -2.72. The lowest BCUT2D eigenvalue weighted by atomic mass is 10.0. The van der Waals surface area contributed by atoms with Crippen molar-refractivity contribution in [2.75, 3.05) is 6.54 Å². The number of alkyl carbamates (subject to hydrolysis) is 1. The van der Waals surface area contributed by atoms with Crippen LogP contribution in [-0.2, 0) is 4.74 Å². The number of nitro groups is 1. The number of hydrogen-bond donors (Lipinski definition) is 4. The molecule has 1 aromatic heterocycles. The van der Waals surface area contributed by atoms with Crippen molar-refractivity contribution in [1.82, 2.24) is 15.5 Å². The van der Waals surface area contributed by atoms with E-state index >= 15 is 0 Å². The van der Waals surface area contributed by atoms with Gasteiger partial charge in [-0.15, -0.1) is 0 Å². The number of nitrogens with one attached hydrogen (secondary N) is 2. The Bertz CT molecular complexity index is 798. The molecule has 0 fully saturated rings. The maximum atomic E-state index is 11.6. The summed E-state index contributed by atoms with van der Waals surface area (Å²) in [6, 6.07) is 4.04. The van der Waals surface area contributed by atoms with Crippen LogP contribution in [0.25, 0.3) is 10.9 Å². The number of benzene rings is 1. The first kappa shape index (κ1) is 19.6. The summed E-state index contributed by atoms with van der Waals surface area (Å²) in [5.41, 5.74) is -0.170. The Balaban J connectivity index is 2.01. The van der Waals surface area contributed by atoms with Crippen molar-refractivity contribution in [3.63, 3.8) is 0 Å². The third-order valence-corrected chi connectivity index (χ3v) is 3.55. The zero-order valence-corrected chi connectivity index (χ0v) is 14.7. The van der Waals surface area contributed by atoms with Gasteiger partial charge in [0.2, 0.25) is 0 Å². The predicted molar refractivity (Wildman–Crippen MR) is 92.6 cm³/mol. The first-order chi connectivity index (χ1) is 12.1. The van der Waals surface area contributed by atoms with Crippen LogP contribution < -0.4 is 5.32 Å². The molecule has 4 N–H and O–H groups in total. The van der Waals surface area contributed by atoms with Gasteiger partial charge in [0.05, 0.1) is 22.2 Å². The molecule has 1 aromatic carbocycles. The summed E-state index contributed by atoms with van der Waals surface area (Å²) < 4.78 is 5.07. The average molecular weight is 366 g/mol. The summed E-state index contributed by atoms with van der Waals surface area (Å²) in [6.07, 6.45) is -3.13. The van der Waals surface area contributed by atoms with Crippen LogP contribution in [0.15, 0.2) is 18.2 Å². The molecular formula is C16H22N4O6. The standard InChI is InChI=1S/C16H22N4O6/c1-16(2,3)26-15(23)17-7-6-12(21)14(22)13-10-8-9(20(24)25)4-5-11(10)18-19-13/h4-5,8,12,14,21-22H,6-7H2,1-3H3,(H,17,23)(H,18,19). The highest BCUT2D eigenvalue weighted by molar-refractivity contribution is 5.84. The third kappa shape index (κ3) is 4.90. The summed E-state index contributed by atoms with van der Waals surface area (Å²) >= 11 is 0. The Morgan fingerprint density at radius 1 is 1.42 bits per heavy atom. The van der Waals surface area contributed by atoms with E-state index in [4.69, 9.17) is 4.74 Å². The van der Waals surface area contributed by atoms with E-state index in [2.05, 4.69) is 15.5 Å². The first-order valence-corrected chi connectivity index (χ1v) is 8.04. The summed E-state index contributed by atoms with van der Waals surface area (Å²) in [4.78, 5) is 21.9. The molecule has 0 saturated heterocycles. The van der Waals surface area contributed by atoms with E-state index < -0.39 is 28.8 Å². The number of nitro benzene ring substituents is 1. The smallest absolute Gasteiger partial charge is 0.407 e. The monoisotopic (exact) mass is 366 g/mol. The van der Waals surface area contributed by atoms with Crippen LogP contribution >= 0.6 is 0 Å². The van der Waals surface area contributed by atoms with E-state index in [1.165, 1.54) is 18.2 Å². The summed E-state index contributed by atoms with van der Waals surface area (Å²) in [7, 11) is 0. The van der Waals surface area contributed by atoms with Crippen LogP contribution in [0.5, 0.6) is 0 Å². The molecule has 0 radical (unpaired) electrons. The molecular weight excluding hydrogens is 344 g/mol. The van der Waals surface area contributed by atoms with Crippen molar-refractivity contribution in [3.8, 4) is 0 Å². The maximum Gasteiger partial charge on any atom is 0.407 e. The number of aliphatic hydroxyl groups excluding tert-OH is 2. The van der Waals surface area contributed by atoms with E-state index in [1.54, 1.807) is 20.8 Å². The summed E-state index contributed by atoms with van der Waals surface area (Å²) in [5.74, 6) is 0. The molecule has 1 amide bonds. The number of rotatable bonds is 6. The minimum atomic E-state index is -1.34. The lowest BCUT2D eigenvalue weighted by molar-refractivity contribution is -0.384. The number of aromatic amines is 1. The van der Waals surface area contributed by atoms with Crippen molar-refractivity contribution < 1.29 is 24.7 Å². The molecule has 1 heterocycles. The first-order valence-electron chi connectivity index (χ1n) is 8.04. The second-order valence-electron chi connectivity index (χ2n) is 6.83. The van der Waals surface area contributed by atoms with Crippen LogP contribution in [0.1, 0.15) is 39.0 Å². The molecule has 2 aromatic rings. The van der Waals surface area contributed by atoms with Gasteiger partial charge in [-0.05, 0) is 33.3 Å². The molecule has 142 valence electrons. The second kappa shape index (κ2) is 7.67. The van der Waals surface area contributed by atoms with Gasteiger partial charge in [-0.2, -0.15) is 5.10 Å². The molecule has 2 atom stereocenters. The molecule has 26 heavy (non-hydrogen) atoms. The average Bonchev–Trinajstić information content (AvgIpc) is 2.95. The Labute approximate surface area is 149 Å². The zero-order valence-electron chi connectivity index (χ0n) is 14.7. The van der Waals surface area contributed by atoms with Crippen LogP contribution in [-0.4, -0.2) is 49.7 Å². The molecule has 0 bridgehead atoms. The zero-order chi connectivity index (χ0) is 19.5. The van der Waals surface area contributed by atoms with Gasteiger partial charge < -0.3 is 20.3 Å². The predicted octanol–water partition coefficient (Wildman–Crippen LogP) is 1.78. The molecule has 2 unspecified atom stereocenters. The third-order valence-electron chi connectivity index (χ3n) is 3.55. The van der Waals surface area contributed by atoms with Crippen LogP contribution in [0.2, 0.25) is 0 Å². The fourth-order valence-corrected chi connectivity index (χ4v) is 2.34. The molecule has 2 rings (SSSR count). The van der Waals surface area contributed by atoms with Crippen molar-refractivity contribution >= 4 is 22.7 Å². The highest BCUT2D eigenvalue weighted by atomic mass is 16.6. The van der Waals surface area contributed by atoms with Gasteiger partial charge in [-0.3, -0.25) is 15.2 Å². The van der Waals surface area contributed by atoms with Crippen molar-refractivity contribution in [2.24, 2.45) is 0 Å². The van der Waals surface area contributed by atoms with E-state index in [0.717, 1.165) is 0 Å². The topological polar surface area (TPSA) is 151 Å². The minimum Gasteiger partial charge on any atom is -0.444 e. The number of nitrogens with zero attached hydrogens (tertiary/aromatic N) is 2. The number of H-pyrrole nitrogens is 1. The van der Waals surface area contributed by atoms with E-state index in [-0.39, 0.29) is 24.3 Å². The Kier molecular flexibility index (Phi) is 5.78. The van der Waals surface area contributed by atoms with Gasteiger partial charge >= 0.3 is 6.09 Å². The van der Waals surface area contributed by atoms with E-state index in [0.29, 0.717) is 10.9 Å². The van der Waals surface area contributed by atoms with Gasteiger partial charge in [-0.25, -0.2) is 4.79 Å². The van der Waals surface area contributed by atoms with Crippen LogP contribution in [0.4, 0.5) is 10.5 Å². The largest absolute Gasteiger partial charge is 0.444 e. The quantitative estimate of drug-likeness (QED) is 0.449. The number of carbonyl (C=O) groups is 1. The van der Waals surface area contributed by atoms with Crippen molar-refractivity contribution in [2.45, 2.75) is 45.0 Å². The fraction of sp³-hybridized carbons (Fsp3) is 0.500. The lowest BCUT2D eigenvalue weighted by Gasteiger charge is -2.21. The number of aromatic nitrogens is 2. The van der Waals surface area contributed by atoms with E-state index in [9.17, 15) is 25.1 Å². The number of non-ortho nitro benzene ring substituents is 1. The number of fused-ring (bicyclic) bond motifs is 1. The molecule has 0 spiro atoms.